The minimum atomic E-state index is -0.897. The van der Waals surface area contributed by atoms with Gasteiger partial charge >= 0.3 is 5.97 Å². The number of nitrogens with one attached hydrogen (secondary N) is 1. The lowest BCUT2D eigenvalue weighted by molar-refractivity contribution is -0.139. The van der Waals surface area contributed by atoms with Crippen LogP contribution >= 0.6 is 0 Å². The first-order chi connectivity index (χ1) is 7.58. The summed E-state index contributed by atoms with van der Waals surface area (Å²) in [6, 6.07) is 3.43. The minimum absolute atomic E-state index is 0.224. The van der Waals surface area contributed by atoms with Gasteiger partial charge in [0.25, 0.3) is 0 Å². The number of carbonyl (C=O) groups excluding carboxylic acids is 1. The Morgan fingerprint density at radius 2 is 2.25 bits per heavy atom. The van der Waals surface area contributed by atoms with Crippen molar-refractivity contribution in [1.29, 1.82) is 0 Å². The maximum Gasteiger partial charge on any atom is 0.307 e. The van der Waals surface area contributed by atoms with Crippen LogP contribution in [0.3, 0.4) is 0 Å². The summed E-state index contributed by atoms with van der Waals surface area (Å²) in [7, 11) is 0. The third-order valence-corrected chi connectivity index (χ3v) is 2.61. The fourth-order valence-electron chi connectivity index (χ4n) is 1.62. The first kappa shape index (κ1) is 10.6. The topological polar surface area (TPSA) is 79.3 Å². The molecule has 1 fully saturated rings. The van der Waals surface area contributed by atoms with Crippen LogP contribution in [0.15, 0.2) is 18.3 Å². The third kappa shape index (κ3) is 2.18. The van der Waals surface area contributed by atoms with Crippen LogP contribution in [0.5, 0.6) is 0 Å². The summed E-state index contributed by atoms with van der Waals surface area (Å²) in [6.07, 6.45) is 2.04. The number of hydrogen-bond acceptors (Lipinski definition) is 3. The highest BCUT2D eigenvalue weighted by molar-refractivity contribution is 5.98. The molecule has 0 radical (unpaired) electrons. The van der Waals surface area contributed by atoms with E-state index >= 15 is 0 Å². The number of aliphatic carboxylic acids is 1. The molecule has 1 aliphatic carbocycles. The summed E-state index contributed by atoms with van der Waals surface area (Å²) in [5.74, 6) is -2.02. The predicted octanol–water partition coefficient (Wildman–Crippen LogP) is 1.05. The number of nitrogens with zero attached hydrogens (tertiary/aromatic N) is 1. The zero-order chi connectivity index (χ0) is 11.7. The van der Waals surface area contributed by atoms with E-state index in [0.29, 0.717) is 12.1 Å². The highest BCUT2D eigenvalue weighted by Gasteiger charge is 2.48. The van der Waals surface area contributed by atoms with Gasteiger partial charge in [0.15, 0.2) is 0 Å². The minimum Gasteiger partial charge on any atom is -0.481 e. The van der Waals surface area contributed by atoms with Crippen LogP contribution in [0.2, 0.25) is 0 Å². The Balaban J connectivity index is 1.96. The standard InChI is InChI=1S/C11H12N2O3/c1-6-4-7(2-3-12-6)13-10(14)8-5-9(8)11(15)16/h2-4,8-9H,5H2,1H3,(H,15,16)(H,12,13,14)/t8-,9+/m1/s1. The van der Waals surface area contributed by atoms with Crippen molar-refractivity contribution in [3.05, 3.63) is 24.0 Å². The molecular formula is C11H12N2O3. The maximum absolute atomic E-state index is 11.6. The van der Waals surface area contributed by atoms with Gasteiger partial charge in [0.05, 0.1) is 11.8 Å². The van der Waals surface area contributed by atoms with Crippen molar-refractivity contribution in [3.8, 4) is 0 Å². The molecule has 0 spiro atoms. The molecule has 1 saturated carbocycles. The first-order valence-corrected chi connectivity index (χ1v) is 5.04. The Labute approximate surface area is 92.5 Å². The van der Waals surface area contributed by atoms with Crippen molar-refractivity contribution in [2.45, 2.75) is 13.3 Å². The Morgan fingerprint density at radius 1 is 1.50 bits per heavy atom. The quantitative estimate of drug-likeness (QED) is 0.797. The lowest BCUT2D eigenvalue weighted by atomic mass is 10.2. The fraction of sp³-hybridized carbons (Fsp3) is 0.364. The van der Waals surface area contributed by atoms with Gasteiger partial charge in [-0.25, -0.2) is 0 Å². The lowest BCUT2D eigenvalue weighted by Crippen LogP contribution is -2.16. The van der Waals surface area contributed by atoms with E-state index < -0.39 is 11.9 Å². The van der Waals surface area contributed by atoms with E-state index in [2.05, 4.69) is 10.3 Å². The summed E-state index contributed by atoms with van der Waals surface area (Å²) >= 11 is 0. The van der Waals surface area contributed by atoms with Crippen LogP contribution in [0.25, 0.3) is 0 Å². The van der Waals surface area contributed by atoms with Gasteiger partial charge in [0, 0.05) is 17.6 Å². The summed E-state index contributed by atoms with van der Waals surface area (Å²) < 4.78 is 0. The number of aryl methyl sites for hydroxylation is 1. The van der Waals surface area contributed by atoms with Gasteiger partial charge in [-0.3, -0.25) is 14.6 Å². The van der Waals surface area contributed by atoms with E-state index in [1.807, 2.05) is 6.92 Å². The zero-order valence-corrected chi connectivity index (χ0v) is 8.80. The normalized spacial score (nSPS) is 22.6. The molecule has 1 heterocycles. The van der Waals surface area contributed by atoms with Crippen molar-refractivity contribution in [2.24, 2.45) is 11.8 Å². The summed E-state index contributed by atoms with van der Waals surface area (Å²) in [5.41, 5.74) is 1.47. The number of amides is 1. The van der Waals surface area contributed by atoms with Crippen molar-refractivity contribution < 1.29 is 14.7 Å². The molecule has 84 valence electrons. The van der Waals surface area contributed by atoms with Crippen LogP contribution in [0.1, 0.15) is 12.1 Å². The van der Waals surface area contributed by atoms with E-state index in [-0.39, 0.29) is 11.8 Å². The number of rotatable bonds is 3. The number of carbonyl (C=O) groups is 2. The molecule has 0 unspecified atom stereocenters. The molecule has 1 aromatic rings. The molecule has 0 bridgehead atoms. The third-order valence-electron chi connectivity index (χ3n) is 2.61. The van der Waals surface area contributed by atoms with Crippen LogP contribution in [-0.2, 0) is 9.59 Å². The number of anilines is 1. The number of hydrogen-bond donors (Lipinski definition) is 2. The van der Waals surface area contributed by atoms with Gasteiger partial charge in [-0.1, -0.05) is 0 Å². The number of aromatic nitrogens is 1. The number of carboxylic acids is 1. The average Bonchev–Trinajstić information content (AvgIpc) is 2.96. The van der Waals surface area contributed by atoms with Gasteiger partial charge in [0.2, 0.25) is 5.91 Å². The van der Waals surface area contributed by atoms with Crippen molar-refractivity contribution in [1.82, 2.24) is 4.98 Å². The van der Waals surface area contributed by atoms with E-state index in [0.717, 1.165) is 5.69 Å². The highest BCUT2D eigenvalue weighted by atomic mass is 16.4. The van der Waals surface area contributed by atoms with Crippen LogP contribution in [0, 0.1) is 18.8 Å². The predicted molar refractivity (Wildman–Crippen MR) is 56.8 cm³/mol. The molecule has 16 heavy (non-hydrogen) atoms. The van der Waals surface area contributed by atoms with Gasteiger partial charge < -0.3 is 10.4 Å². The van der Waals surface area contributed by atoms with Crippen LogP contribution in [-0.4, -0.2) is 22.0 Å². The van der Waals surface area contributed by atoms with Gasteiger partial charge in [-0.2, -0.15) is 0 Å². The summed E-state index contributed by atoms with van der Waals surface area (Å²) in [6.45, 7) is 1.83. The molecule has 2 N–H and O–H groups in total. The van der Waals surface area contributed by atoms with E-state index in [1.54, 1.807) is 18.3 Å². The van der Waals surface area contributed by atoms with Crippen molar-refractivity contribution in [3.63, 3.8) is 0 Å². The van der Waals surface area contributed by atoms with Crippen molar-refractivity contribution in [2.75, 3.05) is 5.32 Å². The maximum atomic E-state index is 11.6. The summed E-state index contributed by atoms with van der Waals surface area (Å²) in [5, 5.41) is 11.4. The van der Waals surface area contributed by atoms with E-state index in [9.17, 15) is 9.59 Å². The molecule has 0 aliphatic heterocycles. The number of pyridine rings is 1. The Morgan fingerprint density at radius 3 is 2.81 bits per heavy atom. The smallest absolute Gasteiger partial charge is 0.307 e. The Bertz CT molecular complexity index is 445. The molecular weight excluding hydrogens is 208 g/mol. The summed E-state index contributed by atoms with van der Waals surface area (Å²) in [4.78, 5) is 26.2. The highest BCUT2D eigenvalue weighted by Crippen LogP contribution is 2.39. The van der Waals surface area contributed by atoms with E-state index in [1.165, 1.54) is 0 Å². The van der Waals surface area contributed by atoms with Crippen LogP contribution in [0.4, 0.5) is 5.69 Å². The molecule has 2 rings (SSSR count). The first-order valence-electron chi connectivity index (χ1n) is 5.04. The van der Waals surface area contributed by atoms with Gasteiger partial charge in [-0.05, 0) is 25.5 Å². The van der Waals surface area contributed by atoms with Crippen LogP contribution < -0.4 is 5.32 Å². The monoisotopic (exact) mass is 220 g/mol. The Kier molecular flexibility index (Phi) is 2.60. The number of carboxylic acid groups (broad SMARTS) is 1. The van der Waals surface area contributed by atoms with Gasteiger partial charge in [0.1, 0.15) is 0 Å². The second kappa shape index (κ2) is 3.92. The molecule has 5 nitrogen and oxygen atoms in total. The Hall–Kier alpha value is -1.91. The molecule has 0 aromatic carbocycles. The molecule has 5 heteroatoms. The SMILES string of the molecule is Cc1cc(NC(=O)[C@@H]2C[C@@H]2C(=O)O)ccn1. The zero-order valence-electron chi connectivity index (χ0n) is 8.80. The largest absolute Gasteiger partial charge is 0.481 e. The second-order valence-corrected chi connectivity index (χ2v) is 3.96. The lowest BCUT2D eigenvalue weighted by Gasteiger charge is -2.04. The molecule has 0 saturated heterocycles. The molecule has 1 aliphatic rings. The molecule has 1 aromatic heterocycles. The van der Waals surface area contributed by atoms with Gasteiger partial charge in [-0.15, -0.1) is 0 Å². The fourth-order valence-corrected chi connectivity index (χ4v) is 1.62. The molecule has 1 amide bonds. The van der Waals surface area contributed by atoms with E-state index in [4.69, 9.17) is 5.11 Å². The molecule has 2 atom stereocenters. The second-order valence-electron chi connectivity index (χ2n) is 3.96. The van der Waals surface area contributed by atoms with Crippen molar-refractivity contribution >= 4 is 17.6 Å². The average molecular weight is 220 g/mol.